The predicted molar refractivity (Wildman–Crippen MR) is 88.5 cm³/mol. The smallest absolute Gasteiger partial charge is 0.0399 e. The van der Waals surface area contributed by atoms with Gasteiger partial charge in [-0.25, -0.2) is 0 Å². The van der Waals surface area contributed by atoms with Gasteiger partial charge in [-0.3, -0.25) is 0 Å². The van der Waals surface area contributed by atoms with E-state index in [-0.39, 0.29) is 0 Å². The van der Waals surface area contributed by atoms with Crippen molar-refractivity contribution >= 4 is 5.69 Å². The summed E-state index contributed by atoms with van der Waals surface area (Å²) in [4.78, 5) is 2.62. The van der Waals surface area contributed by atoms with Gasteiger partial charge in [0, 0.05) is 25.3 Å². The molecule has 0 saturated heterocycles. The quantitative estimate of drug-likeness (QED) is 0.850. The van der Waals surface area contributed by atoms with E-state index in [9.17, 15) is 0 Å². The molecule has 2 atom stereocenters. The highest BCUT2D eigenvalue weighted by atomic mass is 15.2. The molecule has 0 bridgehead atoms. The molecule has 0 aliphatic carbocycles. The zero-order valence-corrected chi connectivity index (χ0v) is 13.6. The second-order valence-electron chi connectivity index (χ2n) is 6.91. The van der Waals surface area contributed by atoms with Gasteiger partial charge in [-0.15, -0.1) is 0 Å². The van der Waals surface area contributed by atoms with E-state index in [2.05, 4.69) is 62.3 Å². The molecule has 0 spiro atoms. The lowest BCUT2D eigenvalue weighted by atomic mass is 9.83. The van der Waals surface area contributed by atoms with Crippen molar-refractivity contribution in [3.8, 4) is 0 Å². The number of para-hydroxylation sites is 1. The summed E-state index contributed by atoms with van der Waals surface area (Å²) in [5.41, 5.74) is 3.34. The molecule has 0 amide bonds. The number of nitrogens with zero attached hydrogens (tertiary/aromatic N) is 1. The van der Waals surface area contributed by atoms with E-state index in [4.69, 9.17) is 0 Å². The third-order valence-electron chi connectivity index (χ3n) is 4.46. The number of fused-ring (bicyclic) bond motifs is 1. The molecular weight excluding hydrogens is 244 g/mol. The van der Waals surface area contributed by atoms with Crippen molar-refractivity contribution < 1.29 is 0 Å². The van der Waals surface area contributed by atoms with Gasteiger partial charge < -0.3 is 10.2 Å². The molecule has 112 valence electrons. The SMILES string of the molecule is CCCC(C)(CNC)CN1CC(C)Cc2ccccc21. The van der Waals surface area contributed by atoms with E-state index in [1.54, 1.807) is 0 Å². The minimum Gasteiger partial charge on any atom is -0.370 e. The zero-order chi connectivity index (χ0) is 14.6. The molecule has 2 unspecified atom stereocenters. The van der Waals surface area contributed by atoms with E-state index in [1.165, 1.54) is 37.1 Å². The van der Waals surface area contributed by atoms with Gasteiger partial charge in [0.15, 0.2) is 0 Å². The molecule has 2 nitrogen and oxygen atoms in total. The lowest BCUT2D eigenvalue weighted by Crippen LogP contribution is -2.45. The summed E-state index contributed by atoms with van der Waals surface area (Å²) < 4.78 is 0. The molecule has 0 fully saturated rings. The van der Waals surface area contributed by atoms with Crippen LogP contribution in [0.4, 0.5) is 5.69 Å². The van der Waals surface area contributed by atoms with Gasteiger partial charge >= 0.3 is 0 Å². The minimum absolute atomic E-state index is 0.355. The molecule has 0 aromatic heterocycles. The van der Waals surface area contributed by atoms with Gasteiger partial charge in [-0.2, -0.15) is 0 Å². The Kier molecular flexibility index (Phi) is 5.09. The van der Waals surface area contributed by atoms with E-state index in [1.807, 2.05) is 0 Å². The molecule has 1 aliphatic heterocycles. The Morgan fingerprint density at radius 1 is 1.35 bits per heavy atom. The van der Waals surface area contributed by atoms with Crippen LogP contribution >= 0.6 is 0 Å². The van der Waals surface area contributed by atoms with Crippen LogP contribution in [-0.4, -0.2) is 26.7 Å². The van der Waals surface area contributed by atoms with Crippen molar-refractivity contribution in [1.82, 2.24) is 5.32 Å². The summed E-state index contributed by atoms with van der Waals surface area (Å²) in [5, 5.41) is 3.39. The lowest BCUT2D eigenvalue weighted by Gasteiger charge is -2.41. The van der Waals surface area contributed by atoms with Crippen LogP contribution in [0.2, 0.25) is 0 Å². The van der Waals surface area contributed by atoms with Crippen molar-refractivity contribution in [3.63, 3.8) is 0 Å². The van der Waals surface area contributed by atoms with E-state index in [0.717, 1.165) is 19.0 Å². The normalized spacial score (nSPS) is 21.4. The van der Waals surface area contributed by atoms with Crippen LogP contribution in [0.3, 0.4) is 0 Å². The Hall–Kier alpha value is -1.02. The van der Waals surface area contributed by atoms with Crippen molar-refractivity contribution in [2.45, 2.75) is 40.0 Å². The highest BCUT2D eigenvalue weighted by molar-refractivity contribution is 5.55. The number of anilines is 1. The minimum atomic E-state index is 0.355. The van der Waals surface area contributed by atoms with Crippen LogP contribution in [0, 0.1) is 11.3 Å². The van der Waals surface area contributed by atoms with Crippen LogP contribution in [-0.2, 0) is 6.42 Å². The highest BCUT2D eigenvalue weighted by Crippen LogP contribution is 2.33. The highest BCUT2D eigenvalue weighted by Gasteiger charge is 2.29. The predicted octanol–water partition coefficient (Wildman–Crippen LogP) is 3.71. The molecule has 1 N–H and O–H groups in total. The van der Waals surface area contributed by atoms with Crippen LogP contribution in [0.25, 0.3) is 0 Å². The monoisotopic (exact) mass is 274 g/mol. The summed E-state index contributed by atoms with van der Waals surface area (Å²) >= 11 is 0. The van der Waals surface area contributed by atoms with Gasteiger partial charge in [0.1, 0.15) is 0 Å². The Morgan fingerprint density at radius 3 is 2.80 bits per heavy atom. The maximum Gasteiger partial charge on any atom is 0.0399 e. The first-order valence-electron chi connectivity index (χ1n) is 8.05. The molecule has 0 saturated carbocycles. The molecule has 2 rings (SSSR count). The fraction of sp³-hybridized carbons (Fsp3) is 0.667. The maximum absolute atomic E-state index is 3.39. The largest absolute Gasteiger partial charge is 0.370 e. The van der Waals surface area contributed by atoms with Gasteiger partial charge in [-0.05, 0) is 42.9 Å². The topological polar surface area (TPSA) is 15.3 Å². The Balaban J connectivity index is 2.19. The van der Waals surface area contributed by atoms with E-state index in [0.29, 0.717) is 5.41 Å². The molecule has 1 aromatic rings. The van der Waals surface area contributed by atoms with Crippen LogP contribution in [0.1, 0.15) is 39.2 Å². The Labute approximate surface area is 124 Å². The van der Waals surface area contributed by atoms with E-state index < -0.39 is 0 Å². The molecule has 0 radical (unpaired) electrons. The number of hydrogen-bond acceptors (Lipinski definition) is 2. The number of hydrogen-bond donors (Lipinski definition) is 1. The first-order valence-corrected chi connectivity index (χ1v) is 8.05. The van der Waals surface area contributed by atoms with Crippen molar-refractivity contribution in [1.29, 1.82) is 0 Å². The number of benzene rings is 1. The zero-order valence-electron chi connectivity index (χ0n) is 13.6. The second-order valence-corrected chi connectivity index (χ2v) is 6.91. The second kappa shape index (κ2) is 6.62. The summed E-state index contributed by atoms with van der Waals surface area (Å²) in [6, 6.07) is 8.95. The molecule has 2 heteroatoms. The summed E-state index contributed by atoms with van der Waals surface area (Å²) in [5.74, 6) is 0.755. The van der Waals surface area contributed by atoms with Crippen LogP contribution < -0.4 is 10.2 Å². The fourth-order valence-electron chi connectivity index (χ4n) is 3.77. The molecule has 1 aliphatic rings. The van der Waals surface area contributed by atoms with E-state index >= 15 is 0 Å². The lowest BCUT2D eigenvalue weighted by molar-refractivity contribution is 0.281. The molecule has 20 heavy (non-hydrogen) atoms. The molecule has 1 aromatic carbocycles. The van der Waals surface area contributed by atoms with Gasteiger partial charge in [-0.1, -0.05) is 45.4 Å². The van der Waals surface area contributed by atoms with Crippen LogP contribution in [0.15, 0.2) is 24.3 Å². The first-order chi connectivity index (χ1) is 9.58. The maximum atomic E-state index is 3.39. The van der Waals surface area contributed by atoms with Gasteiger partial charge in [0.2, 0.25) is 0 Å². The van der Waals surface area contributed by atoms with Gasteiger partial charge in [0.25, 0.3) is 0 Å². The van der Waals surface area contributed by atoms with Gasteiger partial charge in [0.05, 0.1) is 0 Å². The number of rotatable bonds is 6. The Morgan fingerprint density at radius 2 is 2.10 bits per heavy atom. The summed E-state index contributed by atoms with van der Waals surface area (Å²) in [6.07, 6.45) is 3.76. The van der Waals surface area contributed by atoms with Crippen molar-refractivity contribution in [2.75, 3.05) is 31.6 Å². The Bertz CT molecular complexity index is 421. The third-order valence-corrected chi connectivity index (χ3v) is 4.46. The number of nitrogens with one attached hydrogen (secondary N) is 1. The molecular formula is C18H30N2. The first kappa shape index (κ1) is 15.4. The van der Waals surface area contributed by atoms with Crippen LogP contribution in [0.5, 0.6) is 0 Å². The summed E-state index contributed by atoms with van der Waals surface area (Å²) in [7, 11) is 2.07. The average molecular weight is 274 g/mol. The summed E-state index contributed by atoms with van der Waals surface area (Å²) in [6.45, 7) is 10.5. The molecule has 1 heterocycles. The van der Waals surface area contributed by atoms with Crippen molar-refractivity contribution in [2.24, 2.45) is 11.3 Å². The van der Waals surface area contributed by atoms with Crippen molar-refractivity contribution in [3.05, 3.63) is 29.8 Å². The standard InChI is InChI=1S/C18H30N2/c1-5-10-18(3,13-19-4)14-20-12-15(2)11-16-8-6-7-9-17(16)20/h6-9,15,19H,5,10-14H2,1-4H3. The average Bonchev–Trinajstić information content (AvgIpc) is 2.38. The fourth-order valence-corrected chi connectivity index (χ4v) is 3.77. The third kappa shape index (κ3) is 3.54.